The van der Waals surface area contributed by atoms with Gasteiger partial charge >= 0.3 is 5.97 Å². The van der Waals surface area contributed by atoms with Crippen LogP contribution in [-0.2, 0) is 6.61 Å². The van der Waals surface area contributed by atoms with Crippen LogP contribution >= 0.6 is 11.6 Å². The zero-order chi connectivity index (χ0) is 21.5. The Kier molecular flexibility index (Phi) is 7.03. The first-order valence-electron chi connectivity index (χ1n) is 9.05. The molecule has 0 spiro atoms. The van der Waals surface area contributed by atoms with Gasteiger partial charge in [-0.3, -0.25) is 0 Å². The van der Waals surface area contributed by atoms with Crippen LogP contribution in [0.5, 0.6) is 11.5 Å². The monoisotopic (exact) mass is 431 g/mol. The topological polar surface area (TPSA) is 93.6 Å². The van der Waals surface area contributed by atoms with Gasteiger partial charge in [0.1, 0.15) is 35.6 Å². The zero-order valence-corrected chi connectivity index (χ0v) is 16.8. The molecule has 3 aromatic rings. The van der Waals surface area contributed by atoms with Crippen LogP contribution in [0.1, 0.15) is 23.0 Å². The largest absolute Gasteiger partial charge is 0.487 e. The molecule has 30 heavy (non-hydrogen) atoms. The standard InChI is InChI=1S/C21H19ClFN3O4/c1-13(30-19-5-3-2-4-17(19)22)10-24-21-25-11-16(20(27)28)18(26-21)12-29-15-8-6-14(23)7-9-15/h2-9,11,13H,10,12H2,1H3,(H,27,28)(H,24,25,26)/t13-/m0/s1. The maximum atomic E-state index is 13.0. The van der Waals surface area contributed by atoms with Gasteiger partial charge in [-0.1, -0.05) is 23.7 Å². The molecular weight excluding hydrogens is 413 g/mol. The third-order valence-corrected chi connectivity index (χ3v) is 4.31. The summed E-state index contributed by atoms with van der Waals surface area (Å²) in [6.45, 7) is 2.09. The number of rotatable bonds is 9. The summed E-state index contributed by atoms with van der Waals surface area (Å²) in [4.78, 5) is 19.7. The maximum Gasteiger partial charge on any atom is 0.339 e. The Morgan fingerprint density at radius 1 is 1.23 bits per heavy atom. The number of carboxylic acid groups (broad SMARTS) is 1. The molecule has 0 amide bonds. The van der Waals surface area contributed by atoms with Crippen LogP contribution in [0.2, 0.25) is 5.02 Å². The number of hydrogen-bond donors (Lipinski definition) is 2. The predicted molar refractivity (Wildman–Crippen MR) is 110 cm³/mol. The fraction of sp³-hybridized carbons (Fsp3) is 0.190. The molecule has 0 aliphatic heterocycles. The second kappa shape index (κ2) is 9.89. The van der Waals surface area contributed by atoms with Crippen molar-refractivity contribution < 1.29 is 23.8 Å². The second-order valence-corrected chi connectivity index (χ2v) is 6.75. The van der Waals surface area contributed by atoms with Crippen LogP contribution in [0.15, 0.2) is 54.7 Å². The van der Waals surface area contributed by atoms with Crippen molar-refractivity contribution in [1.29, 1.82) is 0 Å². The number of benzene rings is 2. The number of nitrogens with zero attached hydrogens (tertiary/aromatic N) is 2. The molecule has 0 fully saturated rings. The molecule has 0 bridgehead atoms. The van der Waals surface area contributed by atoms with Crippen molar-refractivity contribution in [3.05, 3.63) is 76.8 Å². The van der Waals surface area contributed by atoms with Crippen LogP contribution in [-0.4, -0.2) is 33.7 Å². The van der Waals surface area contributed by atoms with E-state index in [-0.39, 0.29) is 29.9 Å². The highest BCUT2D eigenvalue weighted by Gasteiger charge is 2.15. The number of anilines is 1. The van der Waals surface area contributed by atoms with Gasteiger partial charge < -0.3 is 19.9 Å². The van der Waals surface area contributed by atoms with E-state index in [2.05, 4.69) is 15.3 Å². The molecule has 0 saturated carbocycles. The van der Waals surface area contributed by atoms with Gasteiger partial charge in [-0.05, 0) is 43.3 Å². The number of carbonyl (C=O) groups is 1. The highest BCUT2D eigenvalue weighted by molar-refractivity contribution is 6.32. The number of aromatic carboxylic acids is 1. The summed E-state index contributed by atoms with van der Waals surface area (Å²) in [5, 5.41) is 12.9. The molecule has 9 heteroatoms. The van der Waals surface area contributed by atoms with Crippen LogP contribution in [0.4, 0.5) is 10.3 Å². The number of aromatic nitrogens is 2. The summed E-state index contributed by atoms with van der Waals surface area (Å²) >= 11 is 6.09. The van der Waals surface area contributed by atoms with Crippen molar-refractivity contribution in [2.75, 3.05) is 11.9 Å². The normalized spacial score (nSPS) is 11.6. The second-order valence-electron chi connectivity index (χ2n) is 6.34. The van der Waals surface area contributed by atoms with E-state index in [4.69, 9.17) is 21.1 Å². The Labute approximate surface area is 177 Å². The molecule has 0 aliphatic carbocycles. The Morgan fingerprint density at radius 2 is 1.97 bits per heavy atom. The molecule has 1 atom stereocenters. The van der Waals surface area contributed by atoms with Crippen molar-refractivity contribution in [2.45, 2.75) is 19.6 Å². The predicted octanol–water partition coefficient (Wildman–Crippen LogP) is 4.43. The van der Waals surface area contributed by atoms with Gasteiger partial charge in [0.15, 0.2) is 0 Å². The first kappa shape index (κ1) is 21.3. The van der Waals surface area contributed by atoms with Gasteiger partial charge in [-0.2, -0.15) is 0 Å². The maximum absolute atomic E-state index is 13.0. The number of nitrogens with one attached hydrogen (secondary N) is 1. The molecular formula is C21H19ClFN3O4. The fourth-order valence-electron chi connectivity index (χ4n) is 2.51. The Hall–Kier alpha value is -3.39. The van der Waals surface area contributed by atoms with Crippen molar-refractivity contribution in [3.8, 4) is 11.5 Å². The summed E-state index contributed by atoms with van der Waals surface area (Å²) < 4.78 is 24.3. The SMILES string of the molecule is C[C@@H](CNc1ncc(C(=O)O)c(COc2ccc(F)cc2)n1)Oc1ccccc1Cl. The molecule has 1 heterocycles. The highest BCUT2D eigenvalue weighted by atomic mass is 35.5. The first-order chi connectivity index (χ1) is 14.4. The third kappa shape index (κ3) is 5.81. The van der Waals surface area contributed by atoms with E-state index in [1.165, 1.54) is 30.5 Å². The third-order valence-electron chi connectivity index (χ3n) is 4.00. The summed E-state index contributed by atoms with van der Waals surface area (Å²) in [6, 6.07) is 12.5. The molecule has 0 radical (unpaired) electrons. The fourth-order valence-corrected chi connectivity index (χ4v) is 2.69. The quantitative estimate of drug-likeness (QED) is 0.517. The molecule has 0 unspecified atom stereocenters. The van der Waals surface area contributed by atoms with Gasteiger partial charge in [-0.25, -0.2) is 19.2 Å². The van der Waals surface area contributed by atoms with Crippen LogP contribution < -0.4 is 14.8 Å². The van der Waals surface area contributed by atoms with E-state index in [1.807, 2.05) is 19.1 Å². The van der Waals surface area contributed by atoms with E-state index in [0.29, 0.717) is 23.1 Å². The minimum Gasteiger partial charge on any atom is -0.487 e. The number of carboxylic acids is 1. The molecule has 2 N–H and O–H groups in total. The van der Waals surface area contributed by atoms with Gasteiger partial charge in [0.2, 0.25) is 5.95 Å². The van der Waals surface area contributed by atoms with Gasteiger partial charge in [0.25, 0.3) is 0 Å². The Bertz CT molecular complexity index is 1020. The van der Waals surface area contributed by atoms with Crippen molar-refractivity contribution in [2.24, 2.45) is 0 Å². The summed E-state index contributed by atoms with van der Waals surface area (Å²) in [5.74, 6) is -0.385. The van der Waals surface area contributed by atoms with Crippen molar-refractivity contribution >= 4 is 23.5 Å². The van der Waals surface area contributed by atoms with Gasteiger partial charge in [0.05, 0.1) is 17.3 Å². The lowest BCUT2D eigenvalue weighted by molar-refractivity contribution is 0.0692. The van der Waals surface area contributed by atoms with E-state index in [9.17, 15) is 14.3 Å². The first-order valence-corrected chi connectivity index (χ1v) is 9.43. The van der Waals surface area contributed by atoms with Crippen molar-refractivity contribution in [1.82, 2.24) is 9.97 Å². The molecule has 2 aromatic carbocycles. The van der Waals surface area contributed by atoms with Crippen molar-refractivity contribution in [3.63, 3.8) is 0 Å². The number of para-hydroxylation sites is 1. The molecule has 156 valence electrons. The molecule has 0 saturated heterocycles. The lowest BCUT2D eigenvalue weighted by atomic mass is 10.2. The number of hydrogen-bond acceptors (Lipinski definition) is 6. The van der Waals surface area contributed by atoms with E-state index >= 15 is 0 Å². The number of ether oxygens (including phenoxy) is 2. The summed E-state index contributed by atoms with van der Waals surface area (Å²) in [7, 11) is 0. The smallest absolute Gasteiger partial charge is 0.339 e. The molecule has 0 aliphatic rings. The molecule has 3 rings (SSSR count). The van der Waals surface area contributed by atoms with Crippen LogP contribution in [0.25, 0.3) is 0 Å². The van der Waals surface area contributed by atoms with Crippen LogP contribution in [0.3, 0.4) is 0 Å². The zero-order valence-electron chi connectivity index (χ0n) is 16.0. The van der Waals surface area contributed by atoms with Gasteiger partial charge in [-0.15, -0.1) is 0 Å². The molecule has 7 nitrogen and oxygen atoms in total. The minimum atomic E-state index is -1.17. The lowest BCUT2D eigenvalue weighted by Gasteiger charge is -2.17. The molecule has 1 aromatic heterocycles. The lowest BCUT2D eigenvalue weighted by Crippen LogP contribution is -2.24. The Morgan fingerprint density at radius 3 is 2.67 bits per heavy atom. The Balaban J connectivity index is 1.65. The van der Waals surface area contributed by atoms with E-state index in [0.717, 1.165) is 0 Å². The van der Waals surface area contributed by atoms with Gasteiger partial charge in [0, 0.05) is 6.20 Å². The van der Waals surface area contributed by atoms with Crippen LogP contribution in [0, 0.1) is 5.82 Å². The average Bonchev–Trinajstić information content (AvgIpc) is 2.73. The average molecular weight is 432 g/mol. The summed E-state index contributed by atoms with van der Waals surface area (Å²) in [6.07, 6.45) is 0.951. The van der Waals surface area contributed by atoms with E-state index in [1.54, 1.807) is 12.1 Å². The summed E-state index contributed by atoms with van der Waals surface area (Å²) in [5.41, 5.74) is 0.104. The van der Waals surface area contributed by atoms with E-state index < -0.39 is 11.8 Å². The minimum absolute atomic E-state index is 0.0805. The number of halogens is 2. The highest BCUT2D eigenvalue weighted by Crippen LogP contribution is 2.24.